The van der Waals surface area contributed by atoms with Crippen LogP contribution in [-0.2, 0) is 0 Å². The molecule has 0 atom stereocenters. The Labute approximate surface area is 130 Å². The molecule has 1 aromatic heterocycles. The molecule has 0 aliphatic rings. The van der Waals surface area contributed by atoms with Gasteiger partial charge in [-0.1, -0.05) is 18.2 Å². The van der Waals surface area contributed by atoms with Gasteiger partial charge in [-0.15, -0.1) is 0 Å². The fourth-order valence-corrected chi connectivity index (χ4v) is 2.03. The van der Waals surface area contributed by atoms with E-state index in [0.717, 1.165) is 0 Å². The Morgan fingerprint density at radius 2 is 1.43 bits per heavy atom. The maximum absolute atomic E-state index is 13.9. The summed E-state index contributed by atoms with van der Waals surface area (Å²) in [6, 6.07) is 12.7. The topological polar surface area (TPSA) is 62.6 Å². The number of aromatic nitrogens is 1. The zero-order chi connectivity index (χ0) is 16.4. The Balaban J connectivity index is 1.97. The summed E-state index contributed by atoms with van der Waals surface area (Å²) in [4.78, 5) is 4.09. The highest BCUT2D eigenvalue weighted by Crippen LogP contribution is 2.31. The lowest BCUT2D eigenvalue weighted by atomic mass is 10.1. The van der Waals surface area contributed by atoms with Gasteiger partial charge < -0.3 is 14.9 Å². The van der Waals surface area contributed by atoms with Crippen LogP contribution < -0.4 is 4.74 Å². The lowest BCUT2D eigenvalue weighted by Gasteiger charge is -2.09. The third kappa shape index (κ3) is 2.91. The maximum atomic E-state index is 13.9. The van der Waals surface area contributed by atoms with Crippen molar-refractivity contribution in [3.63, 3.8) is 0 Å². The molecular weight excluding hydrogens is 304 g/mol. The number of hydrogen-bond donors (Lipinski definition) is 2. The minimum absolute atomic E-state index is 0.0229. The zero-order valence-electron chi connectivity index (χ0n) is 11.7. The lowest BCUT2D eigenvalue weighted by Crippen LogP contribution is -1.94. The van der Waals surface area contributed by atoms with Crippen molar-refractivity contribution in [1.29, 1.82) is 0 Å². The van der Waals surface area contributed by atoms with Crippen LogP contribution in [0.1, 0.15) is 0 Å². The summed E-state index contributed by atoms with van der Waals surface area (Å²) in [6.07, 6.45) is 0. The Kier molecular flexibility index (Phi) is 3.80. The van der Waals surface area contributed by atoms with Gasteiger partial charge in [0.25, 0.3) is 0 Å². The van der Waals surface area contributed by atoms with Gasteiger partial charge in [0, 0.05) is 11.6 Å². The third-order valence-corrected chi connectivity index (χ3v) is 3.14. The van der Waals surface area contributed by atoms with E-state index in [2.05, 4.69) is 4.98 Å². The van der Waals surface area contributed by atoms with E-state index in [4.69, 9.17) is 4.74 Å². The van der Waals surface area contributed by atoms with Crippen LogP contribution in [0.5, 0.6) is 23.1 Å². The molecule has 0 fully saturated rings. The second kappa shape index (κ2) is 5.92. The van der Waals surface area contributed by atoms with Crippen molar-refractivity contribution in [2.75, 3.05) is 0 Å². The number of benzene rings is 2. The molecule has 1 heterocycles. The Hall–Kier alpha value is -3.15. The van der Waals surface area contributed by atoms with Crippen LogP contribution in [0.25, 0.3) is 11.3 Å². The summed E-state index contributed by atoms with van der Waals surface area (Å²) in [6.45, 7) is 0. The van der Waals surface area contributed by atoms with Gasteiger partial charge in [-0.3, -0.25) is 0 Å². The molecule has 6 heteroatoms. The van der Waals surface area contributed by atoms with Gasteiger partial charge >= 0.3 is 0 Å². The van der Waals surface area contributed by atoms with E-state index in [1.54, 1.807) is 6.07 Å². The average Bonchev–Trinajstić information content (AvgIpc) is 2.55. The van der Waals surface area contributed by atoms with Crippen molar-refractivity contribution in [1.82, 2.24) is 4.98 Å². The molecule has 0 saturated heterocycles. The number of rotatable bonds is 3. The van der Waals surface area contributed by atoms with Crippen molar-refractivity contribution in [2.24, 2.45) is 0 Å². The first-order valence-electron chi connectivity index (χ1n) is 6.66. The molecular formula is C17H11F2NO3. The van der Waals surface area contributed by atoms with Crippen LogP contribution in [0.2, 0.25) is 0 Å². The molecule has 0 bridgehead atoms. The van der Waals surface area contributed by atoms with Gasteiger partial charge in [0.1, 0.15) is 0 Å². The van der Waals surface area contributed by atoms with Crippen molar-refractivity contribution in [2.45, 2.75) is 0 Å². The summed E-state index contributed by atoms with van der Waals surface area (Å²) < 4.78 is 33.0. The van der Waals surface area contributed by atoms with Gasteiger partial charge in [-0.2, -0.15) is 4.39 Å². The molecule has 3 rings (SSSR count). The van der Waals surface area contributed by atoms with Crippen molar-refractivity contribution < 1.29 is 23.7 Å². The van der Waals surface area contributed by atoms with E-state index in [9.17, 15) is 19.0 Å². The minimum Gasteiger partial charge on any atom is -0.505 e. The summed E-state index contributed by atoms with van der Waals surface area (Å²) in [5, 5.41) is 18.7. The molecule has 0 amide bonds. The van der Waals surface area contributed by atoms with Gasteiger partial charge in [0.05, 0.1) is 5.69 Å². The number of ether oxygens (including phenoxy) is 1. The molecule has 2 aromatic carbocycles. The summed E-state index contributed by atoms with van der Waals surface area (Å²) in [5.74, 6) is -2.93. The van der Waals surface area contributed by atoms with Gasteiger partial charge in [-0.25, -0.2) is 9.37 Å². The molecule has 23 heavy (non-hydrogen) atoms. The predicted molar refractivity (Wildman–Crippen MR) is 79.4 cm³/mol. The molecule has 0 spiro atoms. The molecule has 0 radical (unpaired) electrons. The quantitative estimate of drug-likeness (QED) is 0.759. The second-order valence-electron chi connectivity index (χ2n) is 4.69. The minimum atomic E-state index is -0.914. The highest BCUT2D eigenvalue weighted by Gasteiger charge is 2.13. The van der Waals surface area contributed by atoms with Gasteiger partial charge in [0.15, 0.2) is 23.1 Å². The molecule has 0 saturated carbocycles. The molecule has 3 aromatic rings. The Bertz CT molecular complexity index is 868. The number of nitrogens with zero attached hydrogens (tertiary/aromatic N) is 1. The van der Waals surface area contributed by atoms with Gasteiger partial charge in [-0.05, 0) is 30.3 Å². The largest absolute Gasteiger partial charge is 0.505 e. The van der Waals surface area contributed by atoms with Crippen molar-refractivity contribution in [3.05, 3.63) is 66.2 Å². The first-order chi connectivity index (χ1) is 11.1. The van der Waals surface area contributed by atoms with E-state index >= 15 is 0 Å². The first-order valence-corrected chi connectivity index (χ1v) is 6.66. The van der Waals surface area contributed by atoms with Crippen LogP contribution in [0.15, 0.2) is 54.6 Å². The van der Waals surface area contributed by atoms with E-state index in [-0.39, 0.29) is 22.9 Å². The third-order valence-electron chi connectivity index (χ3n) is 3.14. The monoisotopic (exact) mass is 315 g/mol. The fraction of sp³-hybridized carbons (Fsp3) is 0. The zero-order valence-corrected chi connectivity index (χ0v) is 11.7. The van der Waals surface area contributed by atoms with Gasteiger partial charge in [0.2, 0.25) is 11.7 Å². The van der Waals surface area contributed by atoms with E-state index in [1.807, 2.05) is 0 Å². The SMILES string of the molecule is Oc1cccc(Oc2cccc(-c3cccc(O)c3F)n2)c1F. The van der Waals surface area contributed by atoms with Crippen LogP contribution in [0.4, 0.5) is 8.78 Å². The van der Waals surface area contributed by atoms with Crippen molar-refractivity contribution in [3.8, 4) is 34.4 Å². The van der Waals surface area contributed by atoms with E-state index in [1.165, 1.54) is 48.5 Å². The standard InChI is InChI=1S/C17H11F2NO3/c18-16-10(4-1-6-12(16)21)11-5-2-9-15(20-11)23-14-8-3-7-13(22)17(14)19/h1-9,21-22H. The molecule has 0 aliphatic heterocycles. The summed E-state index contributed by atoms with van der Waals surface area (Å²) in [5.41, 5.74) is 0.309. The Morgan fingerprint density at radius 3 is 2.22 bits per heavy atom. The molecule has 4 nitrogen and oxygen atoms in total. The Morgan fingerprint density at radius 1 is 0.783 bits per heavy atom. The fourth-order valence-electron chi connectivity index (χ4n) is 2.03. The molecule has 0 unspecified atom stereocenters. The normalized spacial score (nSPS) is 10.5. The summed E-state index contributed by atoms with van der Waals surface area (Å²) >= 11 is 0. The highest BCUT2D eigenvalue weighted by molar-refractivity contribution is 5.62. The van der Waals surface area contributed by atoms with Crippen LogP contribution in [-0.4, -0.2) is 15.2 Å². The van der Waals surface area contributed by atoms with Crippen LogP contribution in [0.3, 0.4) is 0 Å². The number of phenolic OH excluding ortho intramolecular Hbond substituents is 2. The average molecular weight is 315 g/mol. The van der Waals surface area contributed by atoms with E-state index < -0.39 is 23.1 Å². The lowest BCUT2D eigenvalue weighted by molar-refractivity contribution is 0.389. The van der Waals surface area contributed by atoms with E-state index in [0.29, 0.717) is 0 Å². The maximum Gasteiger partial charge on any atom is 0.219 e. The summed E-state index contributed by atoms with van der Waals surface area (Å²) in [7, 11) is 0. The number of phenols is 2. The second-order valence-corrected chi connectivity index (χ2v) is 4.69. The first kappa shape index (κ1) is 14.8. The number of hydrogen-bond acceptors (Lipinski definition) is 4. The predicted octanol–water partition coefficient (Wildman–Crippen LogP) is 4.23. The number of aromatic hydroxyl groups is 2. The van der Waals surface area contributed by atoms with Crippen molar-refractivity contribution >= 4 is 0 Å². The highest BCUT2D eigenvalue weighted by atomic mass is 19.1. The van der Waals surface area contributed by atoms with Crippen LogP contribution in [0, 0.1) is 11.6 Å². The van der Waals surface area contributed by atoms with Crippen LogP contribution >= 0.6 is 0 Å². The molecule has 116 valence electrons. The molecule has 0 aliphatic carbocycles. The number of halogens is 2. The smallest absolute Gasteiger partial charge is 0.219 e. The number of pyridine rings is 1. The molecule has 2 N–H and O–H groups in total.